The molecule has 0 atom stereocenters. The first kappa shape index (κ1) is 64.6. The van der Waals surface area contributed by atoms with Crippen molar-refractivity contribution in [3.05, 3.63) is 107 Å². The standard InChI is InChI=1S/C16H16N6O3.C10H13N5O2.C9H10N2O.C8H19N.C4HCl2N3O2.C3H7N.C2H4O2/c23-14-6-1-9-7-11(4-5-12(9)20-14)19-16-17-8-13(22(24)25)15(21-16)18-10-2-3-10;16-15(17)8-5-11-10(13-7-3-4-7)14-9(8)12-6-1-2-6;10-7-2-3-8-6(5-7)1-4-9(12)11-8;1-6-9(7(2)3)8(4)5;5-3-2(9(10)11)1-7-4(6)8-3;4-3-1-2-3;1-2(3)4/h4-5,7-8,10H,1-3,6H2,(H,20,23)(H2,17,18,19,21);5-7H,1-4H2,(H2,11,12,13,14);2-3,5H,1,4,10H2,(H,11,12);7-8H,6H2,1-5H3;1H;3H,1-2,4H2;1H3,(H,3,4). The average molecular weight is 1180 g/mol. The Morgan fingerprint density at radius 2 is 1.11 bits per heavy atom. The van der Waals surface area contributed by atoms with Crippen molar-refractivity contribution in [2.24, 2.45) is 5.73 Å². The number of nitrogens with one attached hydrogen (secondary N) is 6. The van der Waals surface area contributed by atoms with E-state index in [0.29, 0.717) is 61.2 Å². The van der Waals surface area contributed by atoms with E-state index in [9.17, 15) is 39.9 Å². The Kier molecular flexibility index (Phi) is 24.5. The fourth-order valence-corrected chi connectivity index (χ4v) is 7.86. The van der Waals surface area contributed by atoms with Crippen molar-refractivity contribution in [1.82, 2.24) is 34.8 Å². The molecule has 2 aromatic carbocycles. The van der Waals surface area contributed by atoms with E-state index < -0.39 is 20.7 Å². The van der Waals surface area contributed by atoms with Crippen molar-refractivity contribution in [2.75, 3.05) is 44.2 Å². The van der Waals surface area contributed by atoms with Crippen molar-refractivity contribution in [3.63, 3.8) is 0 Å². The zero-order valence-electron chi connectivity index (χ0n) is 46.4. The van der Waals surface area contributed by atoms with Gasteiger partial charge in [0.1, 0.15) is 18.6 Å². The van der Waals surface area contributed by atoms with Crippen LogP contribution in [0, 0.1) is 30.3 Å². The second-order valence-corrected chi connectivity index (χ2v) is 20.8. The predicted molar refractivity (Wildman–Crippen MR) is 314 cm³/mol. The summed E-state index contributed by atoms with van der Waals surface area (Å²) >= 11 is 10.6. The van der Waals surface area contributed by atoms with Gasteiger partial charge in [-0.2, -0.15) is 15.0 Å². The Labute approximate surface area is 483 Å². The second-order valence-electron chi connectivity index (χ2n) is 20.1. The maximum atomic E-state index is 11.4. The quantitative estimate of drug-likeness (QED) is 0.0164. The predicted octanol–water partition coefficient (Wildman–Crippen LogP) is 9.29. The number of rotatable bonds is 14. The molecule has 442 valence electrons. The Hall–Kier alpha value is -8.21. The highest BCUT2D eigenvalue weighted by molar-refractivity contribution is 6.33. The van der Waals surface area contributed by atoms with Crippen molar-refractivity contribution in [3.8, 4) is 0 Å². The van der Waals surface area contributed by atoms with E-state index in [2.05, 4.69) is 101 Å². The third-order valence-electron chi connectivity index (χ3n) is 12.2. The SMILES string of the molecule is CC(=O)O.CCN(C(C)C)C(C)C.NC1CC1.Nc1ccc2c(c1)CCC(=O)N2.O=C1CCc2cc(Nc3ncc([N+](=O)[O-])c(NC4CC4)n3)ccc2N1.O=[N+]([O-])c1cnc(Cl)nc1Cl.O=[N+]([O-])c1cnc(NC2CC2)nc1NC1CC1. The second kappa shape index (κ2) is 31.1. The fraction of sp³-hybridized carbons (Fsp3) is 0.481. The molecule has 3 aromatic heterocycles. The van der Waals surface area contributed by atoms with Crippen LogP contribution in [0.3, 0.4) is 0 Å². The van der Waals surface area contributed by atoms with Gasteiger partial charge in [-0.25, -0.2) is 15.0 Å². The van der Waals surface area contributed by atoms with Crippen molar-refractivity contribution < 1.29 is 34.3 Å². The van der Waals surface area contributed by atoms with Crippen LogP contribution < -0.4 is 43.4 Å². The molecule has 28 nitrogen and oxygen atoms in total. The van der Waals surface area contributed by atoms with E-state index in [0.717, 1.165) is 98.5 Å². The maximum absolute atomic E-state index is 11.4. The van der Waals surface area contributed by atoms with E-state index in [1.54, 1.807) is 6.07 Å². The van der Waals surface area contributed by atoms with Crippen LogP contribution in [-0.2, 0) is 27.2 Å². The van der Waals surface area contributed by atoms with E-state index >= 15 is 0 Å². The number of benzene rings is 2. The summed E-state index contributed by atoms with van der Waals surface area (Å²) in [6.07, 6.45) is 14.8. The van der Waals surface area contributed by atoms with Gasteiger partial charge < -0.3 is 48.5 Å². The number of aryl methyl sites for hydroxylation is 2. The van der Waals surface area contributed by atoms with Crippen molar-refractivity contribution >= 4 is 104 Å². The normalized spacial score (nSPS) is 15.2. The number of nitrogens with zero attached hydrogens (tertiary/aromatic N) is 10. The molecule has 5 aromatic rings. The highest BCUT2D eigenvalue weighted by Crippen LogP contribution is 2.33. The number of nitro groups is 3. The lowest BCUT2D eigenvalue weighted by atomic mass is 10.0. The van der Waals surface area contributed by atoms with Crippen LogP contribution in [0.1, 0.15) is 117 Å². The number of carboxylic acids is 1. The van der Waals surface area contributed by atoms with Crippen LogP contribution in [0.5, 0.6) is 0 Å². The molecular weight excluding hydrogens is 1110 g/mol. The molecule has 0 bridgehead atoms. The number of carbonyl (C=O) groups excluding carboxylic acids is 2. The molecule has 4 aliphatic carbocycles. The zero-order chi connectivity index (χ0) is 60.2. The summed E-state index contributed by atoms with van der Waals surface area (Å²) in [4.78, 5) is 87.5. The molecule has 0 radical (unpaired) electrons. The minimum atomic E-state index is -0.833. The van der Waals surface area contributed by atoms with E-state index in [1.165, 1.54) is 25.2 Å². The number of aromatic nitrogens is 6. The summed E-state index contributed by atoms with van der Waals surface area (Å²) in [5.41, 5.74) is 15.7. The van der Waals surface area contributed by atoms with Crippen LogP contribution in [0.25, 0.3) is 0 Å². The first-order valence-corrected chi connectivity index (χ1v) is 27.4. The molecule has 2 amide bonds. The zero-order valence-corrected chi connectivity index (χ0v) is 47.9. The topological polar surface area (TPSA) is 406 Å². The molecule has 4 saturated carbocycles. The van der Waals surface area contributed by atoms with Gasteiger partial charge in [-0.15, -0.1) is 0 Å². The summed E-state index contributed by atoms with van der Waals surface area (Å²) in [5, 5.41) is 57.1. The molecule has 4 fully saturated rings. The average Bonchev–Trinajstić information content (AvgIpc) is 4.17. The highest BCUT2D eigenvalue weighted by atomic mass is 35.5. The Morgan fingerprint density at radius 1 is 0.683 bits per heavy atom. The molecule has 82 heavy (non-hydrogen) atoms. The lowest BCUT2D eigenvalue weighted by Gasteiger charge is -2.28. The summed E-state index contributed by atoms with van der Waals surface area (Å²) in [6.45, 7) is 13.4. The number of nitrogens with two attached hydrogens (primary N) is 2. The molecule has 11 rings (SSSR count). The summed E-state index contributed by atoms with van der Waals surface area (Å²) < 4.78 is 0. The minimum Gasteiger partial charge on any atom is -0.481 e. The first-order valence-electron chi connectivity index (χ1n) is 26.6. The molecule has 2 aliphatic heterocycles. The largest absolute Gasteiger partial charge is 0.481 e. The summed E-state index contributed by atoms with van der Waals surface area (Å²) in [5.74, 6) is 0.593. The number of carboxylic acid groups (broad SMARTS) is 1. The third kappa shape index (κ3) is 23.1. The molecule has 0 spiro atoms. The van der Waals surface area contributed by atoms with Gasteiger partial charge in [0.25, 0.3) is 5.97 Å². The Bertz CT molecular complexity index is 3020. The van der Waals surface area contributed by atoms with Crippen LogP contribution in [0.15, 0.2) is 55.0 Å². The number of hydrogen-bond acceptors (Lipinski definition) is 22. The van der Waals surface area contributed by atoms with Gasteiger partial charge in [-0.1, -0.05) is 18.5 Å². The van der Waals surface area contributed by atoms with Crippen molar-refractivity contribution in [2.45, 2.75) is 155 Å². The van der Waals surface area contributed by atoms with Crippen molar-refractivity contribution in [1.29, 1.82) is 0 Å². The Morgan fingerprint density at radius 3 is 1.52 bits per heavy atom. The number of hydrogen-bond donors (Lipinski definition) is 9. The molecule has 0 unspecified atom stereocenters. The van der Waals surface area contributed by atoms with E-state index in [1.807, 2.05) is 30.3 Å². The van der Waals surface area contributed by atoms with Gasteiger partial charge in [0.15, 0.2) is 0 Å². The molecule has 30 heteroatoms. The van der Waals surface area contributed by atoms with Crippen LogP contribution in [0.4, 0.5) is 63.3 Å². The number of amides is 2. The van der Waals surface area contributed by atoms with Gasteiger partial charge in [-0.3, -0.25) is 49.6 Å². The molecular formula is C52H70Cl2N18O10. The number of halogens is 2. The smallest absolute Gasteiger partial charge is 0.329 e. The highest BCUT2D eigenvalue weighted by Gasteiger charge is 2.29. The molecule has 11 N–H and O–H groups in total. The van der Waals surface area contributed by atoms with Gasteiger partial charge in [0, 0.05) is 78.8 Å². The van der Waals surface area contributed by atoms with Gasteiger partial charge in [0.05, 0.1) is 14.8 Å². The monoisotopic (exact) mass is 1180 g/mol. The minimum absolute atomic E-state index is 0.0164. The third-order valence-corrected chi connectivity index (χ3v) is 12.6. The number of fused-ring (bicyclic) bond motifs is 2. The number of anilines is 8. The molecule has 6 aliphatic rings. The summed E-state index contributed by atoms with van der Waals surface area (Å²) in [7, 11) is 0. The van der Waals surface area contributed by atoms with Gasteiger partial charge in [-0.05, 0) is 158 Å². The van der Waals surface area contributed by atoms with Crippen LogP contribution >= 0.6 is 23.2 Å². The first-order chi connectivity index (χ1) is 38.9. The molecule has 0 saturated heterocycles. The van der Waals surface area contributed by atoms with Crippen LogP contribution in [0.2, 0.25) is 10.4 Å². The van der Waals surface area contributed by atoms with E-state index in [4.69, 9.17) is 44.6 Å². The summed E-state index contributed by atoms with van der Waals surface area (Å²) in [6, 6.07) is 14.1. The number of nitrogen functional groups attached to an aromatic ring is 1. The molecule has 5 heterocycles. The lowest BCUT2D eigenvalue weighted by Crippen LogP contribution is -2.36. The van der Waals surface area contributed by atoms with Gasteiger partial charge >= 0.3 is 17.1 Å². The van der Waals surface area contributed by atoms with E-state index in [-0.39, 0.29) is 57.1 Å². The Balaban J connectivity index is 0.000000190. The lowest BCUT2D eigenvalue weighted by molar-refractivity contribution is -0.385. The number of carbonyl (C=O) groups is 3. The van der Waals surface area contributed by atoms with Gasteiger partial charge in [0.2, 0.25) is 45.8 Å². The van der Waals surface area contributed by atoms with Crippen LogP contribution in [-0.4, -0.2) is 115 Å². The number of aliphatic carboxylic acids is 1. The fourth-order valence-electron chi connectivity index (χ4n) is 7.49. The maximum Gasteiger partial charge on any atom is 0.329 e.